The summed E-state index contributed by atoms with van der Waals surface area (Å²) in [6.07, 6.45) is 2.30. The maximum absolute atomic E-state index is 13.2. The molecular weight excluding hydrogens is 446 g/mol. The Kier molecular flexibility index (Phi) is 5.84. The lowest BCUT2D eigenvalue weighted by atomic mass is 9.94. The Balaban J connectivity index is 1.31. The molecule has 0 atom stereocenters. The Hall–Kier alpha value is -2.93. The summed E-state index contributed by atoms with van der Waals surface area (Å²) in [5.41, 5.74) is 4.81. The number of hydrogen-bond donors (Lipinski definition) is 0. The molecule has 3 aliphatic rings. The van der Waals surface area contributed by atoms with E-state index < -0.39 is 10.0 Å². The summed E-state index contributed by atoms with van der Waals surface area (Å²) in [4.78, 5) is 17.5. The highest BCUT2D eigenvalue weighted by Crippen LogP contribution is 2.36. The molecule has 3 heterocycles. The molecule has 0 bridgehead atoms. The van der Waals surface area contributed by atoms with Gasteiger partial charge in [0.2, 0.25) is 5.91 Å². The van der Waals surface area contributed by atoms with E-state index in [9.17, 15) is 13.2 Å². The van der Waals surface area contributed by atoms with Crippen molar-refractivity contribution in [2.45, 2.75) is 46.0 Å². The first-order chi connectivity index (χ1) is 16.3. The van der Waals surface area contributed by atoms with Crippen molar-refractivity contribution in [2.24, 2.45) is 10.3 Å². The lowest BCUT2D eigenvalue weighted by molar-refractivity contribution is -0.123. The van der Waals surface area contributed by atoms with E-state index in [4.69, 9.17) is 0 Å². The number of piperidine rings is 1. The van der Waals surface area contributed by atoms with E-state index in [1.807, 2.05) is 59.2 Å². The van der Waals surface area contributed by atoms with E-state index in [0.717, 1.165) is 18.7 Å². The van der Waals surface area contributed by atoms with Crippen molar-refractivity contribution in [2.75, 3.05) is 24.5 Å². The Labute approximate surface area is 202 Å². The van der Waals surface area contributed by atoms with Crippen LogP contribution in [0.4, 0.5) is 5.69 Å². The van der Waals surface area contributed by atoms with Crippen molar-refractivity contribution in [3.05, 3.63) is 70.8 Å². The Bertz CT molecular complexity index is 1280. The van der Waals surface area contributed by atoms with Crippen molar-refractivity contribution in [3.63, 3.8) is 0 Å². The van der Waals surface area contributed by atoms with Crippen molar-refractivity contribution in [1.29, 1.82) is 0 Å². The second-order valence-corrected chi connectivity index (χ2v) is 11.3. The number of para-hydroxylation sites is 1. The lowest BCUT2D eigenvalue weighted by Crippen LogP contribution is -2.44. The molecule has 0 N–H and O–H groups in total. The smallest absolute Gasteiger partial charge is 0.285 e. The van der Waals surface area contributed by atoms with Crippen LogP contribution in [0.2, 0.25) is 0 Å². The summed E-state index contributed by atoms with van der Waals surface area (Å²) in [5.74, 6) is 1.05. The molecular formula is C27H31N3O3S. The number of sulfonamides is 1. The van der Waals surface area contributed by atoms with E-state index >= 15 is 0 Å². The molecule has 6 nitrogen and oxygen atoms in total. The molecule has 34 heavy (non-hydrogen) atoms. The number of rotatable bonds is 3. The van der Waals surface area contributed by atoms with Crippen LogP contribution in [0.5, 0.6) is 0 Å². The minimum Gasteiger partial charge on any atom is -0.356 e. The molecule has 0 saturated carbocycles. The summed E-state index contributed by atoms with van der Waals surface area (Å²) in [5, 5.41) is 0. The van der Waals surface area contributed by atoms with E-state index in [0.29, 0.717) is 53.7 Å². The van der Waals surface area contributed by atoms with Crippen LogP contribution in [0.25, 0.3) is 4.91 Å². The maximum atomic E-state index is 13.2. The van der Waals surface area contributed by atoms with E-state index in [-0.39, 0.29) is 11.8 Å². The third-order valence-electron chi connectivity index (χ3n) is 7.28. The third kappa shape index (κ3) is 3.96. The first kappa shape index (κ1) is 22.8. The minimum absolute atomic E-state index is 0.0478. The monoisotopic (exact) mass is 477 g/mol. The molecule has 5 rings (SSSR count). The van der Waals surface area contributed by atoms with Gasteiger partial charge in [-0.15, -0.1) is 4.40 Å². The van der Waals surface area contributed by atoms with Gasteiger partial charge >= 0.3 is 0 Å². The number of nitrogens with zero attached hydrogens (tertiary/aromatic N) is 3. The first-order valence-electron chi connectivity index (χ1n) is 12.1. The van der Waals surface area contributed by atoms with Crippen molar-refractivity contribution in [3.8, 4) is 0 Å². The maximum Gasteiger partial charge on any atom is 0.285 e. The van der Waals surface area contributed by atoms with Crippen LogP contribution in [-0.2, 0) is 21.2 Å². The first-order valence-corrected chi connectivity index (χ1v) is 13.5. The summed E-state index contributed by atoms with van der Waals surface area (Å²) < 4.78 is 30.1. The van der Waals surface area contributed by atoms with Gasteiger partial charge < -0.3 is 9.80 Å². The zero-order valence-electron chi connectivity index (χ0n) is 20.0. The fraction of sp³-hybridized carbons (Fsp3) is 0.407. The van der Waals surface area contributed by atoms with Gasteiger partial charge in [-0.1, -0.05) is 56.3 Å². The van der Waals surface area contributed by atoms with Gasteiger partial charge in [-0.25, -0.2) is 0 Å². The number of amides is 1. The van der Waals surface area contributed by atoms with Gasteiger partial charge in [0.15, 0.2) is 0 Å². The van der Waals surface area contributed by atoms with Gasteiger partial charge in [0, 0.05) is 36.8 Å². The van der Waals surface area contributed by atoms with Gasteiger partial charge in [-0.3, -0.25) is 4.79 Å². The van der Waals surface area contributed by atoms with Crippen molar-refractivity contribution >= 4 is 32.4 Å². The number of anilines is 1. The molecule has 0 radical (unpaired) electrons. The Morgan fingerprint density at radius 2 is 1.68 bits per heavy atom. The molecule has 0 aliphatic carbocycles. The standard InChI is InChI=1S/C27H31N3O3S/c1-18(2)20-8-10-22(11-9-20)25-19(3)26(28-34(25,32)33)29-15-12-23(13-16-29)27(31)30-17-14-21-6-4-5-7-24(21)30/h4-11,18,23H,12-17H2,1-3H3. The number of amidine groups is 1. The Morgan fingerprint density at radius 3 is 2.35 bits per heavy atom. The molecule has 0 unspecified atom stereocenters. The molecule has 0 spiro atoms. The number of carbonyl (C=O) groups excluding carboxylic acids is 1. The van der Waals surface area contributed by atoms with E-state index in [2.05, 4.69) is 24.3 Å². The SMILES string of the molecule is CC1=C(c2ccc(C(C)C)cc2)S(=O)(=O)N=C1N1CCC(C(=O)N2CCc3ccccc32)CC1. The predicted octanol–water partition coefficient (Wildman–Crippen LogP) is 4.58. The highest BCUT2D eigenvalue weighted by molar-refractivity contribution is 8.00. The normalized spacial score (nSPS) is 20.2. The quantitative estimate of drug-likeness (QED) is 0.649. The van der Waals surface area contributed by atoms with Crippen molar-refractivity contribution in [1.82, 2.24) is 4.90 Å². The number of carbonyl (C=O) groups is 1. The van der Waals surface area contributed by atoms with Crippen LogP contribution < -0.4 is 4.90 Å². The second-order valence-electron chi connectivity index (χ2n) is 9.75. The second kappa shape index (κ2) is 8.69. The molecule has 0 aromatic heterocycles. The predicted molar refractivity (Wildman–Crippen MR) is 136 cm³/mol. The van der Waals surface area contributed by atoms with Crippen LogP contribution in [0.15, 0.2) is 58.5 Å². The van der Waals surface area contributed by atoms with Crippen LogP contribution in [-0.4, -0.2) is 44.7 Å². The molecule has 1 amide bonds. The van der Waals surface area contributed by atoms with Gasteiger partial charge in [-0.2, -0.15) is 8.42 Å². The average Bonchev–Trinajstić information content (AvgIpc) is 3.36. The third-order valence-corrected chi connectivity index (χ3v) is 8.75. The molecule has 7 heteroatoms. The fourth-order valence-corrected chi connectivity index (χ4v) is 6.81. The largest absolute Gasteiger partial charge is 0.356 e. The molecule has 1 fully saturated rings. The fourth-order valence-electron chi connectivity index (χ4n) is 5.33. The van der Waals surface area contributed by atoms with Crippen LogP contribution in [0, 0.1) is 5.92 Å². The Morgan fingerprint density at radius 1 is 1.00 bits per heavy atom. The average molecular weight is 478 g/mol. The zero-order chi connectivity index (χ0) is 24.0. The summed E-state index contributed by atoms with van der Waals surface area (Å²) >= 11 is 0. The van der Waals surface area contributed by atoms with E-state index in [1.54, 1.807) is 0 Å². The number of hydrogen-bond acceptors (Lipinski definition) is 4. The van der Waals surface area contributed by atoms with Gasteiger partial charge in [-0.05, 0) is 54.9 Å². The number of likely N-dealkylation sites (tertiary alicyclic amines) is 1. The molecule has 178 valence electrons. The van der Waals surface area contributed by atoms with Crippen LogP contribution in [0.3, 0.4) is 0 Å². The number of fused-ring (bicyclic) bond motifs is 1. The zero-order valence-corrected chi connectivity index (χ0v) is 20.8. The summed E-state index contributed by atoms with van der Waals surface area (Å²) in [6, 6.07) is 15.8. The highest BCUT2D eigenvalue weighted by Gasteiger charge is 2.37. The summed E-state index contributed by atoms with van der Waals surface area (Å²) in [7, 11) is -3.75. The van der Waals surface area contributed by atoms with E-state index in [1.165, 1.54) is 11.1 Å². The molecule has 3 aliphatic heterocycles. The van der Waals surface area contributed by atoms with Gasteiger partial charge in [0.1, 0.15) is 10.7 Å². The van der Waals surface area contributed by atoms with Crippen LogP contribution >= 0.6 is 0 Å². The van der Waals surface area contributed by atoms with Gasteiger partial charge in [0.25, 0.3) is 10.0 Å². The molecule has 2 aromatic rings. The summed E-state index contributed by atoms with van der Waals surface area (Å²) in [6.45, 7) is 8.06. The molecule has 2 aromatic carbocycles. The van der Waals surface area contributed by atoms with Gasteiger partial charge in [0.05, 0.1) is 0 Å². The lowest BCUT2D eigenvalue weighted by Gasteiger charge is -2.34. The molecule has 1 saturated heterocycles. The van der Waals surface area contributed by atoms with Crippen LogP contribution in [0.1, 0.15) is 56.2 Å². The highest BCUT2D eigenvalue weighted by atomic mass is 32.2. The van der Waals surface area contributed by atoms with Crippen molar-refractivity contribution < 1.29 is 13.2 Å². The topological polar surface area (TPSA) is 70.0 Å². The minimum atomic E-state index is -3.75. The number of benzene rings is 2.